The van der Waals surface area contributed by atoms with Crippen molar-refractivity contribution in [3.63, 3.8) is 0 Å². The highest BCUT2D eigenvalue weighted by Crippen LogP contribution is 2.75. The predicted octanol–water partition coefficient (Wildman–Crippen LogP) is 2.64. The van der Waals surface area contributed by atoms with Gasteiger partial charge in [0.15, 0.2) is 0 Å². The molecule has 4 aliphatic carbocycles. The number of hydrogen-bond donors (Lipinski definition) is 0. The van der Waals surface area contributed by atoms with Crippen LogP contribution in [0.5, 0.6) is 0 Å². The molecule has 4 saturated carbocycles. The summed E-state index contributed by atoms with van der Waals surface area (Å²) >= 11 is 0. The van der Waals surface area contributed by atoms with Gasteiger partial charge >= 0.3 is 11.9 Å². The average molecular weight is 274 g/mol. The molecule has 20 heavy (non-hydrogen) atoms. The number of esters is 2. The maximum Gasteiger partial charge on any atom is 0.320 e. The minimum atomic E-state index is -0.406. The summed E-state index contributed by atoms with van der Waals surface area (Å²) in [6, 6.07) is 0. The van der Waals surface area contributed by atoms with E-state index in [0.29, 0.717) is 24.2 Å². The second kappa shape index (κ2) is 3.31. The van der Waals surface area contributed by atoms with E-state index in [9.17, 15) is 9.59 Å². The summed E-state index contributed by atoms with van der Waals surface area (Å²) in [6.07, 6.45) is 3.87. The quantitative estimate of drug-likeness (QED) is 0.387. The molecule has 0 N–H and O–H groups in total. The molecule has 5 fully saturated rings. The largest absolute Gasteiger partial charge is 0.393 e. The van der Waals surface area contributed by atoms with Gasteiger partial charge in [-0.15, -0.1) is 0 Å². The third-order valence-corrected chi connectivity index (χ3v) is 8.13. The average Bonchev–Trinajstić information content (AvgIpc) is 3.11. The van der Waals surface area contributed by atoms with Crippen molar-refractivity contribution in [2.24, 2.45) is 52.8 Å². The van der Waals surface area contributed by atoms with Crippen LogP contribution in [-0.2, 0) is 14.3 Å². The third kappa shape index (κ3) is 1.05. The van der Waals surface area contributed by atoms with Gasteiger partial charge in [0.05, 0.1) is 11.8 Å². The molecule has 0 aromatic rings. The zero-order chi connectivity index (χ0) is 13.8. The molecule has 5 rings (SSSR count). The Hall–Kier alpha value is -0.860. The molecular formula is C17H22O3. The minimum Gasteiger partial charge on any atom is -0.393 e. The molecule has 5 aliphatic rings. The summed E-state index contributed by atoms with van der Waals surface area (Å²) < 4.78 is 4.95. The number of ether oxygens (including phenoxy) is 1. The molecule has 1 saturated heterocycles. The fourth-order valence-electron chi connectivity index (χ4n) is 7.42. The van der Waals surface area contributed by atoms with Crippen LogP contribution in [0.25, 0.3) is 0 Å². The Morgan fingerprint density at radius 3 is 2.40 bits per heavy atom. The Morgan fingerprint density at radius 2 is 1.75 bits per heavy atom. The van der Waals surface area contributed by atoms with Crippen LogP contribution in [0.15, 0.2) is 0 Å². The van der Waals surface area contributed by atoms with E-state index in [0.717, 1.165) is 36.0 Å². The molecular weight excluding hydrogens is 252 g/mol. The van der Waals surface area contributed by atoms with Crippen molar-refractivity contribution in [1.29, 1.82) is 0 Å². The third-order valence-electron chi connectivity index (χ3n) is 8.13. The zero-order valence-electron chi connectivity index (χ0n) is 12.2. The van der Waals surface area contributed by atoms with Crippen molar-refractivity contribution in [2.45, 2.75) is 39.5 Å². The highest BCUT2D eigenvalue weighted by molar-refractivity contribution is 5.98. The number of cyclic esters (lactones) is 2. The topological polar surface area (TPSA) is 43.4 Å². The fraction of sp³-hybridized carbons (Fsp3) is 0.882. The van der Waals surface area contributed by atoms with Gasteiger partial charge in [-0.3, -0.25) is 9.59 Å². The van der Waals surface area contributed by atoms with Gasteiger partial charge in [0.25, 0.3) is 0 Å². The van der Waals surface area contributed by atoms with Crippen LogP contribution in [0, 0.1) is 52.8 Å². The van der Waals surface area contributed by atoms with Crippen molar-refractivity contribution < 1.29 is 14.3 Å². The van der Waals surface area contributed by atoms with E-state index in [-0.39, 0.29) is 11.9 Å². The first kappa shape index (κ1) is 11.8. The number of hydrogen-bond acceptors (Lipinski definition) is 3. The maximum absolute atomic E-state index is 12.3. The van der Waals surface area contributed by atoms with Gasteiger partial charge < -0.3 is 4.74 Å². The molecule has 1 aliphatic heterocycles. The van der Waals surface area contributed by atoms with Gasteiger partial charge in [-0.1, -0.05) is 13.8 Å². The van der Waals surface area contributed by atoms with E-state index in [1.165, 1.54) is 12.8 Å². The zero-order valence-corrected chi connectivity index (χ0v) is 12.2. The molecule has 0 radical (unpaired) electrons. The van der Waals surface area contributed by atoms with Crippen LogP contribution < -0.4 is 0 Å². The molecule has 0 aromatic carbocycles. The first-order chi connectivity index (χ1) is 9.53. The van der Waals surface area contributed by atoms with Gasteiger partial charge in [-0.25, -0.2) is 0 Å². The predicted molar refractivity (Wildman–Crippen MR) is 71.3 cm³/mol. The van der Waals surface area contributed by atoms with Crippen LogP contribution in [0.3, 0.4) is 0 Å². The van der Waals surface area contributed by atoms with Gasteiger partial charge in [-0.05, 0) is 66.6 Å². The molecule has 108 valence electrons. The van der Waals surface area contributed by atoms with Crippen LogP contribution in [0.4, 0.5) is 0 Å². The van der Waals surface area contributed by atoms with Gasteiger partial charge in [0.1, 0.15) is 0 Å². The van der Waals surface area contributed by atoms with Crippen molar-refractivity contribution in [3.8, 4) is 0 Å². The van der Waals surface area contributed by atoms with Crippen molar-refractivity contribution in [3.05, 3.63) is 0 Å². The molecule has 9 atom stereocenters. The lowest BCUT2D eigenvalue weighted by atomic mass is 9.57. The lowest BCUT2D eigenvalue weighted by molar-refractivity contribution is -0.157. The summed E-state index contributed by atoms with van der Waals surface area (Å²) in [7, 11) is 0. The lowest BCUT2D eigenvalue weighted by Gasteiger charge is -2.45. The van der Waals surface area contributed by atoms with E-state index in [1.807, 2.05) is 0 Å². The lowest BCUT2D eigenvalue weighted by Crippen LogP contribution is -2.45. The summed E-state index contributed by atoms with van der Waals surface area (Å²) in [6.45, 7) is 4.84. The number of carbonyl (C=O) groups excluding carboxylic acids is 2. The van der Waals surface area contributed by atoms with Crippen LogP contribution >= 0.6 is 0 Å². The molecule has 0 aromatic heterocycles. The van der Waals surface area contributed by atoms with Crippen molar-refractivity contribution in [1.82, 2.24) is 0 Å². The van der Waals surface area contributed by atoms with Crippen molar-refractivity contribution in [2.75, 3.05) is 0 Å². The van der Waals surface area contributed by atoms with Gasteiger partial charge in [0, 0.05) is 0 Å². The summed E-state index contributed by atoms with van der Waals surface area (Å²) in [5.74, 6) is 5.58. The number of fused-ring (bicyclic) bond motifs is 10. The fourth-order valence-corrected chi connectivity index (χ4v) is 7.42. The molecule has 0 amide bonds. The van der Waals surface area contributed by atoms with E-state index in [2.05, 4.69) is 13.8 Å². The summed E-state index contributed by atoms with van der Waals surface area (Å²) in [5, 5.41) is 0. The maximum atomic E-state index is 12.3. The van der Waals surface area contributed by atoms with Gasteiger partial charge in [-0.2, -0.15) is 0 Å². The van der Waals surface area contributed by atoms with Crippen LogP contribution in [0.1, 0.15) is 39.5 Å². The number of carbonyl (C=O) groups is 2. The second-order valence-corrected chi connectivity index (χ2v) is 8.34. The van der Waals surface area contributed by atoms with Crippen LogP contribution in [-0.4, -0.2) is 11.9 Å². The Kier molecular flexibility index (Phi) is 1.95. The monoisotopic (exact) mass is 274 g/mol. The molecule has 3 nitrogen and oxygen atoms in total. The van der Waals surface area contributed by atoms with E-state index in [4.69, 9.17) is 4.74 Å². The minimum absolute atomic E-state index is 0.183. The van der Waals surface area contributed by atoms with E-state index < -0.39 is 5.41 Å². The highest BCUT2D eigenvalue weighted by atomic mass is 16.6. The SMILES string of the molecule is CC1C(C)C2CC1C1C3CC(C21)C1(CC(=O)OC1=O)C3. The standard InChI is InChI=1S/C17H22O3/c1-7-8(2)11-4-10(7)14-9-3-12(15(11)14)17(5-9)6-13(18)20-16(17)19/h7-12,14-15H,3-6H2,1-2H3. The van der Waals surface area contributed by atoms with Crippen LogP contribution in [0.2, 0.25) is 0 Å². The molecule has 1 heterocycles. The second-order valence-electron chi connectivity index (χ2n) is 8.34. The highest BCUT2D eigenvalue weighted by Gasteiger charge is 2.73. The Balaban J connectivity index is 1.55. The Labute approximate surface area is 119 Å². The molecule has 4 bridgehead atoms. The van der Waals surface area contributed by atoms with E-state index >= 15 is 0 Å². The first-order valence-corrected chi connectivity index (χ1v) is 8.28. The summed E-state index contributed by atoms with van der Waals surface area (Å²) in [5.41, 5.74) is -0.406. The number of rotatable bonds is 0. The van der Waals surface area contributed by atoms with Gasteiger partial charge in [0.2, 0.25) is 0 Å². The smallest absolute Gasteiger partial charge is 0.320 e. The molecule has 9 unspecified atom stereocenters. The Morgan fingerprint density at radius 1 is 1.05 bits per heavy atom. The first-order valence-electron chi connectivity index (χ1n) is 8.28. The molecule has 3 heteroatoms. The summed E-state index contributed by atoms with van der Waals surface area (Å²) in [4.78, 5) is 23.9. The molecule has 1 spiro atoms. The Bertz CT molecular complexity index is 526. The normalized spacial score (nSPS) is 62.5. The van der Waals surface area contributed by atoms with Crippen molar-refractivity contribution >= 4 is 11.9 Å². The van der Waals surface area contributed by atoms with E-state index in [1.54, 1.807) is 0 Å².